The van der Waals surface area contributed by atoms with E-state index in [4.69, 9.17) is 10.5 Å². The molecule has 0 bridgehead atoms. The quantitative estimate of drug-likeness (QED) is 0.712. The van der Waals surface area contributed by atoms with Gasteiger partial charge in [0.1, 0.15) is 12.9 Å². The van der Waals surface area contributed by atoms with Gasteiger partial charge < -0.3 is 20.6 Å². The van der Waals surface area contributed by atoms with Crippen molar-refractivity contribution in [3.8, 4) is 0 Å². The molecule has 0 radical (unpaired) electrons. The maximum Gasteiger partial charge on any atom is 0.408 e. The van der Waals surface area contributed by atoms with E-state index in [9.17, 15) is 14.4 Å². The van der Waals surface area contributed by atoms with Crippen molar-refractivity contribution < 1.29 is 19.1 Å². The molecule has 0 fully saturated rings. The molecule has 0 saturated carbocycles. The number of carbonyl (C=O) groups is 3. The number of amides is 2. The topological polar surface area (TPSA) is 98.5 Å². The van der Waals surface area contributed by atoms with Gasteiger partial charge >= 0.3 is 6.09 Å². The molecule has 0 aromatic heterocycles. The van der Waals surface area contributed by atoms with E-state index in [2.05, 4.69) is 5.32 Å². The normalized spacial score (nSPS) is 11.3. The van der Waals surface area contributed by atoms with Gasteiger partial charge in [-0.1, -0.05) is 30.3 Å². The number of carbonyl (C=O) groups excluding carboxylic acids is 3. The highest BCUT2D eigenvalue weighted by molar-refractivity contribution is 5.81. The molecule has 6 heteroatoms. The van der Waals surface area contributed by atoms with Crippen molar-refractivity contribution in [3.63, 3.8) is 0 Å². The molecule has 0 saturated heterocycles. The number of ether oxygens (including phenoxy) is 1. The van der Waals surface area contributed by atoms with Gasteiger partial charge in [-0.2, -0.15) is 0 Å². The Bertz CT molecular complexity index is 419. The fraction of sp³-hybridized carbons (Fsp3) is 0.250. The monoisotopic (exact) mass is 250 g/mol. The Hall–Kier alpha value is -2.37. The van der Waals surface area contributed by atoms with Crippen LogP contribution in [0.2, 0.25) is 0 Å². The van der Waals surface area contributed by atoms with Gasteiger partial charge in [0.25, 0.3) is 0 Å². The van der Waals surface area contributed by atoms with Gasteiger partial charge in [-0.3, -0.25) is 4.79 Å². The molecule has 0 aliphatic carbocycles. The fourth-order valence-corrected chi connectivity index (χ4v) is 1.27. The highest BCUT2D eigenvalue weighted by atomic mass is 16.5. The van der Waals surface area contributed by atoms with Crippen LogP contribution in [0.25, 0.3) is 0 Å². The zero-order valence-corrected chi connectivity index (χ0v) is 9.67. The van der Waals surface area contributed by atoms with Crippen LogP contribution >= 0.6 is 0 Å². The summed E-state index contributed by atoms with van der Waals surface area (Å²) in [5.74, 6) is -0.671. The lowest BCUT2D eigenvalue weighted by Crippen LogP contribution is -2.39. The third-order valence-corrected chi connectivity index (χ3v) is 2.10. The van der Waals surface area contributed by atoms with Crippen molar-refractivity contribution in [1.29, 1.82) is 0 Å². The number of nitrogens with two attached hydrogens (primary N) is 1. The Labute approximate surface area is 104 Å². The summed E-state index contributed by atoms with van der Waals surface area (Å²) < 4.78 is 4.88. The van der Waals surface area contributed by atoms with Crippen LogP contribution < -0.4 is 11.1 Å². The number of primary amides is 1. The summed E-state index contributed by atoms with van der Waals surface area (Å²) >= 11 is 0. The molecule has 1 aromatic rings. The Morgan fingerprint density at radius 3 is 2.56 bits per heavy atom. The first-order valence-corrected chi connectivity index (χ1v) is 5.32. The van der Waals surface area contributed by atoms with Crippen molar-refractivity contribution >= 4 is 18.3 Å². The summed E-state index contributed by atoms with van der Waals surface area (Å²) in [6.07, 6.45) is -0.574. The first-order valence-electron chi connectivity index (χ1n) is 5.32. The smallest absolute Gasteiger partial charge is 0.408 e. The predicted octanol–water partition coefficient (Wildman–Crippen LogP) is 0.356. The van der Waals surface area contributed by atoms with Crippen LogP contribution in [-0.2, 0) is 20.9 Å². The second-order valence-corrected chi connectivity index (χ2v) is 3.62. The summed E-state index contributed by atoms with van der Waals surface area (Å²) in [5.41, 5.74) is 5.74. The van der Waals surface area contributed by atoms with Crippen molar-refractivity contribution in [2.75, 3.05) is 0 Å². The van der Waals surface area contributed by atoms with Crippen LogP contribution in [0.5, 0.6) is 0 Å². The van der Waals surface area contributed by atoms with E-state index < -0.39 is 18.0 Å². The second-order valence-electron chi connectivity index (χ2n) is 3.62. The van der Waals surface area contributed by atoms with Gasteiger partial charge in [0.05, 0.1) is 12.5 Å². The molecule has 6 nitrogen and oxygen atoms in total. The molecule has 3 N–H and O–H groups in total. The Balaban J connectivity index is 2.37. The lowest BCUT2D eigenvalue weighted by Gasteiger charge is -2.11. The SMILES string of the molecule is NC(=O)CC(C=O)NC(=O)OCc1ccccc1. The van der Waals surface area contributed by atoms with Crippen LogP contribution in [-0.4, -0.2) is 24.3 Å². The van der Waals surface area contributed by atoms with E-state index in [0.29, 0.717) is 6.29 Å². The molecule has 96 valence electrons. The number of hydrogen-bond acceptors (Lipinski definition) is 4. The molecule has 18 heavy (non-hydrogen) atoms. The number of alkyl carbamates (subject to hydrolysis) is 1. The van der Waals surface area contributed by atoms with Crippen LogP contribution in [0.4, 0.5) is 4.79 Å². The average molecular weight is 250 g/mol. The Morgan fingerprint density at radius 2 is 2.00 bits per heavy atom. The van der Waals surface area contributed by atoms with Gasteiger partial charge in [-0.05, 0) is 5.56 Å². The minimum absolute atomic E-state index is 0.0921. The number of rotatable bonds is 6. The maximum absolute atomic E-state index is 11.3. The van der Waals surface area contributed by atoms with E-state index in [1.165, 1.54) is 0 Å². The van der Waals surface area contributed by atoms with E-state index in [1.54, 1.807) is 12.1 Å². The largest absolute Gasteiger partial charge is 0.445 e. The van der Waals surface area contributed by atoms with Gasteiger partial charge in [0.2, 0.25) is 5.91 Å². The number of hydrogen-bond donors (Lipinski definition) is 2. The van der Waals surface area contributed by atoms with Crippen molar-refractivity contribution in [1.82, 2.24) is 5.32 Å². The Morgan fingerprint density at radius 1 is 1.33 bits per heavy atom. The summed E-state index contributed by atoms with van der Waals surface area (Å²) in [6, 6.07) is 8.13. The van der Waals surface area contributed by atoms with Gasteiger partial charge in [0.15, 0.2) is 0 Å². The fourth-order valence-electron chi connectivity index (χ4n) is 1.27. The third kappa shape index (κ3) is 5.11. The zero-order chi connectivity index (χ0) is 13.4. The molecule has 1 unspecified atom stereocenters. The molecule has 0 spiro atoms. The summed E-state index contributed by atoms with van der Waals surface area (Å²) in [6.45, 7) is 0.0921. The van der Waals surface area contributed by atoms with Crippen molar-refractivity contribution in [2.24, 2.45) is 5.73 Å². The lowest BCUT2D eigenvalue weighted by molar-refractivity contribution is -0.120. The van der Waals surface area contributed by atoms with Crippen molar-refractivity contribution in [2.45, 2.75) is 19.1 Å². The maximum atomic E-state index is 11.3. The minimum Gasteiger partial charge on any atom is -0.445 e. The van der Waals surface area contributed by atoms with Gasteiger partial charge in [-0.25, -0.2) is 4.79 Å². The molecule has 0 heterocycles. The number of nitrogens with one attached hydrogen (secondary N) is 1. The zero-order valence-electron chi connectivity index (χ0n) is 9.67. The summed E-state index contributed by atoms with van der Waals surface area (Å²) in [7, 11) is 0. The van der Waals surface area contributed by atoms with Crippen LogP contribution in [0.3, 0.4) is 0 Å². The first kappa shape index (κ1) is 13.7. The minimum atomic E-state index is -0.953. The molecule has 1 atom stereocenters. The van der Waals surface area contributed by atoms with E-state index >= 15 is 0 Å². The standard InChI is InChI=1S/C12H14N2O4/c13-11(16)6-10(7-15)14-12(17)18-8-9-4-2-1-3-5-9/h1-5,7,10H,6,8H2,(H2,13,16)(H,14,17). The van der Waals surface area contributed by atoms with Crippen LogP contribution in [0.15, 0.2) is 30.3 Å². The van der Waals surface area contributed by atoms with Gasteiger partial charge in [-0.15, -0.1) is 0 Å². The van der Waals surface area contributed by atoms with Crippen LogP contribution in [0.1, 0.15) is 12.0 Å². The lowest BCUT2D eigenvalue weighted by atomic mass is 10.2. The second kappa shape index (κ2) is 7.05. The molecule has 0 aliphatic heterocycles. The molecular weight excluding hydrogens is 236 g/mol. The highest BCUT2D eigenvalue weighted by Crippen LogP contribution is 2.00. The van der Waals surface area contributed by atoms with Gasteiger partial charge in [0, 0.05) is 0 Å². The highest BCUT2D eigenvalue weighted by Gasteiger charge is 2.14. The molecule has 0 aliphatic rings. The van der Waals surface area contributed by atoms with E-state index in [0.717, 1.165) is 5.56 Å². The summed E-state index contributed by atoms with van der Waals surface area (Å²) in [5, 5.41) is 2.24. The average Bonchev–Trinajstić information content (AvgIpc) is 2.36. The Kier molecular flexibility index (Phi) is 5.37. The first-order chi connectivity index (χ1) is 8.61. The predicted molar refractivity (Wildman–Crippen MR) is 63.4 cm³/mol. The molecular formula is C12H14N2O4. The summed E-state index contributed by atoms with van der Waals surface area (Å²) in [4.78, 5) is 32.5. The van der Waals surface area contributed by atoms with E-state index in [-0.39, 0.29) is 13.0 Å². The molecule has 1 rings (SSSR count). The number of benzene rings is 1. The third-order valence-electron chi connectivity index (χ3n) is 2.10. The molecule has 1 aromatic carbocycles. The number of aldehydes is 1. The molecule has 2 amide bonds. The van der Waals surface area contributed by atoms with Crippen LogP contribution in [0, 0.1) is 0 Å². The van der Waals surface area contributed by atoms with E-state index in [1.807, 2.05) is 18.2 Å². The van der Waals surface area contributed by atoms with Crippen molar-refractivity contribution in [3.05, 3.63) is 35.9 Å².